The zero-order valence-corrected chi connectivity index (χ0v) is 25.4. The van der Waals surface area contributed by atoms with E-state index < -0.39 is 21.1 Å². The third-order valence-corrected chi connectivity index (χ3v) is 8.96. The van der Waals surface area contributed by atoms with Crippen LogP contribution < -0.4 is 9.47 Å². The Balaban J connectivity index is 1.44. The van der Waals surface area contributed by atoms with E-state index in [-0.39, 0.29) is 12.2 Å². The molecule has 1 unspecified atom stereocenters. The Kier molecular flexibility index (Phi) is 13.5. The lowest BCUT2D eigenvalue weighted by atomic mass is 10.0. The largest absolute Gasteiger partial charge is 0.494 e. The van der Waals surface area contributed by atoms with Gasteiger partial charge in [-0.05, 0) is 54.8 Å². The van der Waals surface area contributed by atoms with Crippen molar-refractivity contribution < 1.29 is 27.4 Å². The first-order chi connectivity index (χ1) is 19.3. The van der Waals surface area contributed by atoms with Crippen LogP contribution in [0, 0.1) is 0 Å². The molecule has 0 N–H and O–H groups in total. The predicted molar refractivity (Wildman–Crippen MR) is 161 cm³/mol. The molecule has 0 amide bonds. The number of epoxide rings is 1. The van der Waals surface area contributed by atoms with Crippen molar-refractivity contribution in [2.24, 2.45) is 0 Å². The molecule has 0 bridgehead atoms. The molecule has 0 spiro atoms. The molecule has 3 atom stereocenters. The molecule has 2 aromatic carbocycles. The summed E-state index contributed by atoms with van der Waals surface area (Å²) >= 11 is 0. The molecule has 0 saturated carbocycles. The number of hydrogen-bond acceptors (Lipinski definition) is 6. The molecule has 0 radical (unpaired) electrons. The average Bonchev–Trinajstić information content (AvgIpc) is 3.69. The zero-order chi connectivity index (χ0) is 28.8. The fourth-order valence-electron chi connectivity index (χ4n) is 5.11. The summed E-state index contributed by atoms with van der Waals surface area (Å²) in [5.41, 5.74) is 0.997. The number of unbranched alkanes of at least 4 members (excludes halogenated alkanes) is 10. The second-order valence-corrected chi connectivity index (χ2v) is 13.2. The van der Waals surface area contributed by atoms with Crippen molar-refractivity contribution >= 4 is 15.8 Å². The number of rotatable bonds is 20. The van der Waals surface area contributed by atoms with Crippen LogP contribution >= 0.6 is 0 Å². The minimum atomic E-state index is -3.38. The van der Waals surface area contributed by atoms with Gasteiger partial charge in [-0.15, -0.1) is 0 Å². The molecule has 222 valence electrons. The van der Waals surface area contributed by atoms with Gasteiger partial charge in [0.1, 0.15) is 22.9 Å². The minimum absolute atomic E-state index is 0.0199. The SMILES string of the molecule is CCCCCCCCCCOc1ccc(OC(=O)c2ccc(C([C@H]3O[C@H]3CCCCCC)S(C)(=O)=O)cc2)cc1. The van der Waals surface area contributed by atoms with Gasteiger partial charge in [-0.25, -0.2) is 13.2 Å². The summed E-state index contributed by atoms with van der Waals surface area (Å²) in [6, 6.07) is 13.7. The highest BCUT2D eigenvalue weighted by Crippen LogP contribution is 2.41. The Morgan fingerprint density at radius 2 is 1.32 bits per heavy atom. The fraction of sp³-hybridized carbons (Fsp3) is 0.606. The van der Waals surface area contributed by atoms with Crippen molar-refractivity contribution in [2.75, 3.05) is 12.9 Å². The summed E-state index contributed by atoms with van der Waals surface area (Å²) in [5.74, 6) is 0.691. The highest BCUT2D eigenvalue weighted by Gasteiger charge is 2.49. The quantitative estimate of drug-likeness (QED) is 0.0688. The van der Waals surface area contributed by atoms with Crippen LogP contribution in [0.3, 0.4) is 0 Å². The molecule has 3 rings (SSSR count). The van der Waals surface area contributed by atoms with Crippen LogP contribution in [0.15, 0.2) is 48.5 Å². The van der Waals surface area contributed by atoms with E-state index in [9.17, 15) is 13.2 Å². The van der Waals surface area contributed by atoms with Crippen LogP contribution in [0.1, 0.15) is 118 Å². The van der Waals surface area contributed by atoms with E-state index in [1.54, 1.807) is 36.4 Å². The van der Waals surface area contributed by atoms with Gasteiger partial charge in [-0.2, -0.15) is 0 Å². The maximum atomic E-state index is 12.7. The lowest BCUT2D eigenvalue weighted by molar-refractivity contribution is 0.0734. The molecule has 7 heteroatoms. The molecular weight excluding hydrogens is 524 g/mol. The maximum absolute atomic E-state index is 12.7. The molecule has 1 saturated heterocycles. The monoisotopic (exact) mass is 572 g/mol. The summed E-state index contributed by atoms with van der Waals surface area (Å²) in [7, 11) is -3.38. The topological polar surface area (TPSA) is 82.2 Å². The molecule has 40 heavy (non-hydrogen) atoms. The number of benzene rings is 2. The Morgan fingerprint density at radius 1 is 0.775 bits per heavy atom. The van der Waals surface area contributed by atoms with E-state index in [1.165, 1.54) is 57.6 Å². The number of esters is 1. The Labute approximate surface area is 241 Å². The first kappa shape index (κ1) is 32.1. The molecule has 1 aliphatic heterocycles. The van der Waals surface area contributed by atoms with Crippen LogP contribution in [0.2, 0.25) is 0 Å². The number of carbonyl (C=O) groups is 1. The average molecular weight is 573 g/mol. The zero-order valence-electron chi connectivity index (χ0n) is 24.6. The minimum Gasteiger partial charge on any atom is -0.494 e. The molecular formula is C33H48O6S. The Bertz CT molecular complexity index is 1110. The van der Waals surface area contributed by atoms with Crippen molar-refractivity contribution in [3.8, 4) is 11.5 Å². The van der Waals surface area contributed by atoms with Gasteiger partial charge in [0.05, 0.1) is 18.3 Å². The smallest absolute Gasteiger partial charge is 0.343 e. The van der Waals surface area contributed by atoms with Gasteiger partial charge in [-0.3, -0.25) is 0 Å². The number of sulfone groups is 1. The van der Waals surface area contributed by atoms with E-state index in [4.69, 9.17) is 14.2 Å². The molecule has 0 aromatic heterocycles. The van der Waals surface area contributed by atoms with Gasteiger partial charge in [0, 0.05) is 6.26 Å². The molecule has 1 aliphatic rings. The first-order valence-corrected chi connectivity index (χ1v) is 17.2. The summed E-state index contributed by atoms with van der Waals surface area (Å²) in [4.78, 5) is 12.7. The Morgan fingerprint density at radius 3 is 1.93 bits per heavy atom. The number of carbonyl (C=O) groups excluding carboxylic acids is 1. The van der Waals surface area contributed by atoms with Gasteiger partial charge in [0.2, 0.25) is 0 Å². The van der Waals surface area contributed by atoms with Gasteiger partial charge >= 0.3 is 5.97 Å². The highest BCUT2D eigenvalue weighted by atomic mass is 32.2. The van der Waals surface area contributed by atoms with Gasteiger partial charge in [0.15, 0.2) is 9.84 Å². The van der Waals surface area contributed by atoms with E-state index in [0.29, 0.717) is 23.5 Å². The van der Waals surface area contributed by atoms with Crippen LogP contribution in [0.25, 0.3) is 0 Å². The third-order valence-electron chi connectivity index (χ3n) is 7.50. The lowest BCUT2D eigenvalue weighted by Crippen LogP contribution is -2.19. The van der Waals surface area contributed by atoms with Crippen molar-refractivity contribution in [3.63, 3.8) is 0 Å². The molecule has 6 nitrogen and oxygen atoms in total. The second-order valence-electron chi connectivity index (χ2n) is 11.0. The standard InChI is InChI=1S/C33H48O6S/c1-4-6-8-10-11-12-13-15-25-37-28-21-23-29(24-22-28)38-33(34)27-19-17-26(18-20-27)32(40(3,35)36)31-30(39-31)16-14-9-7-5-2/h17-24,30-32H,4-16,25H2,1-3H3/t30-,31-,32?/m0/s1. The van der Waals surface area contributed by atoms with Crippen LogP contribution in [-0.2, 0) is 14.6 Å². The van der Waals surface area contributed by atoms with E-state index >= 15 is 0 Å². The van der Waals surface area contributed by atoms with Crippen molar-refractivity contribution in [3.05, 3.63) is 59.7 Å². The summed E-state index contributed by atoms with van der Waals surface area (Å²) in [5, 5.41) is -0.730. The van der Waals surface area contributed by atoms with Crippen molar-refractivity contribution in [2.45, 2.75) is 115 Å². The van der Waals surface area contributed by atoms with E-state index in [2.05, 4.69) is 13.8 Å². The Hall–Kier alpha value is -2.38. The van der Waals surface area contributed by atoms with Gasteiger partial charge < -0.3 is 14.2 Å². The van der Waals surface area contributed by atoms with E-state index in [0.717, 1.165) is 37.9 Å². The van der Waals surface area contributed by atoms with Crippen LogP contribution in [0.4, 0.5) is 0 Å². The van der Waals surface area contributed by atoms with Gasteiger partial charge in [-0.1, -0.05) is 96.6 Å². The van der Waals surface area contributed by atoms with Crippen molar-refractivity contribution in [1.82, 2.24) is 0 Å². The third kappa shape index (κ3) is 10.9. The second kappa shape index (κ2) is 16.8. The number of ether oxygens (including phenoxy) is 3. The summed E-state index contributed by atoms with van der Waals surface area (Å²) < 4.78 is 42.3. The summed E-state index contributed by atoms with van der Waals surface area (Å²) in [6.07, 6.45) is 16.4. The lowest BCUT2D eigenvalue weighted by Gasteiger charge is -2.14. The van der Waals surface area contributed by atoms with Gasteiger partial charge in [0.25, 0.3) is 0 Å². The molecule has 0 aliphatic carbocycles. The first-order valence-electron chi connectivity index (χ1n) is 15.2. The highest BCUT2D eigenvalue weighted by molar-refractivity contribution is 7.91. The molecule has 1 heterocycles. The van der Waals surface area contributed by atoms with Crippen LogP contribution in [0.5, 0.6) is 11.5 Å². The maximum Gasteiger partial charge on any atom is 0.343 e. The van der Waals surface area contributed by atoms with E-state index in [1.807, 2.05) is 12.1 Å². The normalized spacial score (nSPS) is 17.4. The predicted octanol–water partition coefficient (Wildman–Crippen LogP) is 8.25. The van der Waals surface area contributed by atoms with Crippen molar-refractivity contribution in [1.29, 1.82) is 0 Å². The number of hydrogen-bond donors (Lipinski definition) is 0. The molecule has 1 fully saturated rings. The van der Waals surface area contributed by atoms with Crippen LogP contribution in [-0.4, -0.2) is 39.5 Å². The fourth-order valence-corrected chi connectivity index (χ4v) is 6.49. The summed E-state index contributed by atoms with van der Waals surface area (Å²) in [6.45, 7) is 5.08. The molecule has 2 aromatic rings.